The zero-order valence-electron chi connectivity index (χ0n) is 12.4. The Labute approximate surface area is 122 Å². The maximum absolute atomic E-state index is 5.54. The molecule has 1 spiro atoms. The molecular weight excluding hydrogens is 256 g/mol. The van der Waals surface area contributed by atoms with Crippen molar-refractivity contribution in [1.82, 2.24) is 5.32 Å². The molecule has 1 saturated heterocycles. The second-order valence-electron chi connectivity index (χ2n) is 6.03. The van der Waals surface area contributed by atoms with Gasteiger partial charge in [-0.05, 0) is 38.0 Å². The Hall–Kier alpha value is -0.220. The van der Waals surface area contributed by atoms with Gasteiger partial charge in [-0.1, -0.05) is 32.0 Å². The fraction of sp³-hybridized carbons (Fsp3) is 0.933. The maximum Gasteiger partial charge on any atom is 0.157 e. The van der Waals surface area contributed by atoms with Gasteiger partial charge in [0.2, 0.25) is 0 Å². The minimum Gasteiger partial charge on any atom is -0.380 e. The first-order valence-corrected chi connectivity index (χ1v) is 8.76. The van der Waals surface area contributed by atoms with Crippen molar-refractivity contribution < 1.29 is 4.74 Å². The van der Waals surface area contributed by atoms with E-state index in [2.05, 4.69) is 24.2 Å². The van der Waals surface area contributed by atoms with Crippen LogP contribution in [0.3, 0.4) is 0 Å². The van der Waals surface area contributed by atoms with Crippen molar-refractivity contribution in [3.8, 4) is 0 Å². The maximum atomic E-state index is 5.54. The molecule has 3 nitrogen and oxygen atoms in total. The van der Waals surface area contributed by atoms with Crippen LogP contribution in [0.1, 0.15) is 52.4 Å². The fourth-order valence-corrected chi connectivity index (χ4v) is 3.98. The average molecular weight is 284 g/mol. The number of aliphatic imine (C=N–C) groups is 1. The summed E-state index contributed by atoms with van der Waals surface area (Å²) in [6, 6.07) is 0. The molecule has 1 saturated carbocycles. The minimum atomic E-state index is 0.360. The molecule has 2 fully saturated rings. The van der Waals surface area contributed by atoms with Gasteiger partial charge < -0.3 is 10.1 Å². The van der Waals surface area contributed by atoms with Crippen molar-refractivity contribution in [3.63, 3.8) is 0 Å². The van der Waals surface area contributed by atoms with E-state index in [1.54, 1.807) is 0 Å². The van der Waals surface area contributed by atoms with Gasteiger partial charge in [0.05, 0.1) is 13.2 Å². The van der Waals surface area contributed by atoms with E-state index >= 15 is 0 Å². The highest BCUT2D eigenvalue weighted by Crippen LogP contribution is 2.38. The van der Waals surface area contributed by atoms with E-state index in [1.165, 1.54) is 37.9 Å². The zero-order chi connectivity index (χ0) is 13.6. The van der Waals surface area contributed by atoms with Crippen molar-refractivity contribution >= 4 is 16.9 Å². The second-order valence-corrected chi connectivity index (χ2v) is 6.99. The molecule has 2 rings (SSSR count). The lowest BCUT2D eigenvalue weighted by Gasteiger charge is -2.35. The molecule has 0 amide bonds. The fourth-order valence-electron chi connectivity index (χ4n) is 2.73. The van der Waals surface area contributed by atoms with Gasteiger partial charge in [0.15, 0.2) is 5.17 Å². The van der Waals surface area contributed by atoms with E-state index < -0.39 is 0 Å². The van der Waals surface area contributed by atoms with Crippen molar-refractivity contribution in [3.05, 3.63) is 0 Å². The Morgan fingerprint density at radius 2 is 2.16 bits per heavy atom. The van der Waals surface area contributed by atoms with Crippen LogP contribution in [0.5, 0.6) is 0 Å². The molecule has 0 aromatic heterocycles. The molecule has 0 atom stereocenters. The second kappa shape index (κ2) is 7.53. The van der Waals surface area contributed by atoms with Gasteiger partial charge in [-0.2, -0.15) is 0 Å². The summed E-state index contributed by atoms with van der Waals surface area (Å²) in [7, 11) is 0. The molecule has 0 radical (unpaired) electrons. The SMILES string of the molecule is CCCCOCCN=C1NC2(CCC(C)CC2)CS1. The van der Waals surface area contributed by atoms with Crippen LogP contribution in [0.4, 0.5) is 0 Å². The first kappa shape index (κ1) is 15.2. The van der Waals surface area contributed by atoms with Crippen LogP contribution >= 0.6 is 11.8 Å². The lowest BCUT2D eigenvalue weighted by molar-refractivity contribution is 0.139. The highest BCUT2D eigenvalue weighted by molar-refractivity contribution is 8.14. The van der Waals surface area contributed by atoms with Gasteiger partial charge in [0, 0.05) is 17.9 Å². The third-order valence-corrected chi connectivity index (χ3v) is 5.42. The molecule has 0 unspecified atom stereocenters. The monoisotopic (exact) mass is 284 g/mol. The van der Waals surface area contributed by atoms with Gasteiger partial charge in [0.1, 0.15) is 0 Å². The molecule has 110 valence electrons. The van der Waals surface area contributed by atoms with Crippen molar-refractivity contribution in [1.29, 1.82) is 0 Å². The number of amidine groups is 1. The van der Waals surface area contributed by atoms with Gasteiger partial charge in [0.25, 0.3) is 0 Å². The molecule has 0 aromatic carbocycles. The minimum absolute atomic E-state index is 0.360. The van der Waals surface area contributed by atoms with Crippen molar-refractivity contribution in [2.45, 2.75) is 57.9 Å². The lowest BCUT2D eigenvalue weighted by atomic mass is 9.78. The Morgan fingerprint density at radius 3 is 2.89 bits per heavy atom. The number of ether oxygens (including phenoxy) is 1. The van der Waals surface area contributed by atoms with Crippen LogP contribution in [-0.2, 0) is 4.74 Å². The summed E-state index contributed by atoms with van der Waals surface area (Å²) in [4.78, 5) is 4.63. The van der Waals surface area contributed by atoms with E-state index in [4.69, 9.17) is 4.74 Å². The molecule has 1 aliphatic heterocycles. The molecule has 19 heavy (non-hydrogen) atoms. The Bertz CT molecular complexity index is 299. The van der Waals surface area contributed by atoms with Gasteiger partial charge in [-0.3, -0.25) is 4.99 Å². The molecule has 4 heteroatoms. The van der Waals surface area contributed by atoms with Gasteiger partial charge >= 0.3 is 0 Å². The summed E-state index contributed by atoms with van der Waals surface area (Å²) < 4.78 is 5.54. The number of unbranched alkanes of at least 4 members (excludes halogenated alkanes) is 1. The highest BCUT2D eigenvalue weighted by atomic mass is 32.2. The number of nitrogens with zero attached hydrogens (tertiary/aromatic N) is 1. The normalized spacial score (nSPS) is 32.9. The smallest absolute Gasteiger partial charge is 0.157 e. The van der Waals surface area contributed by atoms with Crippen LogP contribution in [-0.4, -0.2) is 36.2 Å². The Morgan fingerprint density at radius 1 is 1.37 bits per heavy atom. The van der Waals surface area contributed by atoms with Crippen molar-refractivity contribution in [2.75, 3.05) is 25.5 Å². The summed E-state index contributed by atoms with van der Waals surface area (Å²) in [5.74, 6) is 2.11. The van der Waals surface area contributed by atoms with Crippen LogP contribution < -0.4 is 5.32 Å². The first-order chi connectivity index (χ1) is 9.24. The molecule has 1 aliphatic carbocycles. The van der Waals surface area contributed by atoms with Gasteiger partial charge in [-0.15, -0.1) is 0 Å². The first-order valence-electron chi connectivity index (χ1n) is 7.77. The van der Waals surface area contributed by atoms with Crippen LogP contribution in [0.2, 0.25) is 0 Å². The largest absolute Gasteiger partial charge is 0.380 e. The topological polar surface area (TPSA) is 33.6 Å². The van der Waals surface area contributed by atoms with E-state index in [9.17, 15) is 0 Å². The molecule has 1 heterocycles. The van der Waals surface area contributed by atoms with Crippen LogP contribution in [0, 0.1) is 5.92 Å². The van der Waals surface area contributed by atoms with Crippen LogP contribution in [0.15, 0.2) is 4.99 Å². The molecule has 0 aromatic rings. The summed E-state index contributed by atoms with van der Waals surface area (Å²) in [6.07, 6.45) is 7.71. The molecule has 1 N–H and O–H groups in total. The Kier molecular flexibility index (Phi) is 6.02. The third kappa shape index (κ3) is 4.67. The number of nitrogens with one attached hydrogen (secondary N) is 1. The Balaban J connectivity index is 1.66. The third-order valence-electron chi connectivity index (χ3n) is 4.22. The number of hydrogen-bond donors (Lipinski definition) is 1. The van der Waals surface area contributed by atoms with Crippen LogP contribution in [0.25, 0.3) is 0 Å². The zero-order valence-corrected chi connectivity index (χ0v) is 13.2. The highest BCUT2D eigenvalue weighted by Gasteiger charge is 2.39. The number of hydrogen-bond acceptors (Lipinski definition) is 3. The molecule has 0 bridgehead atoms. The van der Waals surface area contributed by atoms with E-state index in [0.29, 0.717) is 5.54 Å². The summed E-state index contributed by atoms with van der Waals surface area (Å²) >= 11 is 1.90. The predicted octanol–water partition coefficient (Wildman–Crippen LogP) is 3.44. The average Bonchev–Trinajstić information content (AvgIpc) is 2.81. The summed E-state index contributed by atoms with van der Waals surface area (Å²) in [6.45, 7) is 7.00. The molecule has 2 aliphatic rings. The van der Waals surface area contributed by atoms with Crippen molar-refractivity contribution in [2.24, 2.45) is 10.9 Å². The number of thioether (sulfide) groups is 1. The molecular formula is C15H28N2OS. The van der Waals surface area contributed by atoms with Gasteiger partial charge in [-0.25, -0.2) is 0 Å². The summed E-state index contributed by atoms with van der Waals surface area (Å²) in [5, 5.41) is 4.83. The lowest BCUT2D eigenvalue weighted by Crippen LogP contribution is -2.46. The van der Waals surface area contributed by atoms with E-state index in [-0.39, 0.29) is 0 Å². The van der Waals surface area contributed by atoms with E-state index in [1.807, 2.05) is 11.8 Å². The summed E-state index contributed by atoms with van der Waals surface area (Å²) in [5.41, 5.74) is 0.360. The predicted molar refractivity (Wildman–Crippen MR) is 84.0 cm³/mol. The quantitative estimate of drug-likeness (QED) is 0.759. The van der Waals surface area contributed by atoms with E-state index in [0.717, 1.165) is 37.3 Å². The standard InChI is InChI=1S/C15H28N2OS/c1-3-4-10-18-11-9-16-14-17-15(12-19-14)7-5-13(2)6-8-15/h13H,3-12H2,1-2H3,(H,16,17). The number of rotatable bonds is 6.